The highest BCUT2D eigenvalue weighted by Crippen LogP contribution is 2.28. The number of aromatic nitrogens is 2. The van der Waals surface area contributed by atoms with Crippen molar-refractivity contribution in [1.29, 1.82) is 0 Å². The molecule has 5 heteroatoms. The first-order chi connectivity index (χ1) is 10.1. The van der Waals surface area contributed by atoms with Gasteiger partial charge in [0.15, 0.2) is 0 Å². The standard InChI is InChI=1S/C16H22N4O/c1-19(2)11-15(21)20-8-4-6-13(10-20)14-9-12-5-3-7-17-16(12)18-14/h3,5,7,9,13H,4,6,8,10-11H2,1-2H3,(H,17,18)/t13-/m1/s1. The Morgan fingerprint density at radius 2 is 2.38 bits per heavy atom. The molecular formula is C16H22N4O. The molecule has 3 heterocycles. The summed E-state index contributed by atoms with van der Waals surface area (Å²) in [7, 11) is 3.87. The zero-order valence-corrected chi connectivity index (χ0v) is 12.7. The summed E-state index contributed by atoms with van der Waals surface area (Å²) in [5.74, 6) is 0.609. The van der Waals surface area contributed by atoms with E-state index in [1.165, 1.54) is 5.69 Å². The maximum Gasteiger partial charge on any atom is 0.236 e. The quantitative estimate of drug-likeness (QED) is 0.936. The molecule has 1 aliphatic rings. The predicted molar refractivity (Wildman–Crippen MR) is 83.2 cm³/mol. The highest BCUT2D eigenvalue weighted by Gasteiger charge is 2.25. The third-order valence-corrected chi connectivity index (χ3v) is 4.08. The van der Waals surface area contributed by atoms with Crippen LogP contribution in [0.25, 0.3) is 11.0 Å². The van der Waals surface area contributed by atoms with Crippen LogP contribution in [0.5, 0.6) is 0 Å². The molecular weight excluding hydrogens is 264 g/mol. The third kappa shape index (κ3) is 3.08. The molecule has 0 saturated carbocycles. The van der Waals surface area contributed by atoms with Crippen molar-refractivity contribution in [3.8, 4) is 0 Å². The van der Waals surface area contributed by atoms with Gasteiger partial charge in [-0.05, 0) is 45.1 Å². The van der Waals surface area contributed by atoms with Gasteiger partial charge in [0.05, 0.1) is 6.54 Å². The molecule has 2 aromatic rings. The first kappa shape index (κ1) is 14.1. The Balaban J connectivity index is 1.74. The number of amides is 1. The Hall–Kier alpha value is -1.88. The molecule has 0 spiro atoms. The minimum Gasteiger partial charge on any atom is -0.343 e. The number of carbonyl (C=O) groups is 1. The topological polar surface area (TPSA) is 52.2 Å². The summed E-state index contributed by atoms with van der Waals surface area (Å²) in [5.41, 5.74) is 2.13. The number of likely N-dealkylation sites (tertiary alicyclic amines) is 1. The number of pyridine rings is 1. The van der Waals surface area contributed by atoms with Crippen LogP contribution in [-0.4, -0.2) is 59.4 Å². The molecule has 1 saturated heterocycles. The largest absolute Gasteiger partial charge is 0.343 e. The van der Waals surface area contributed by atoms with Gasteiger partial charge in [-0.2, -0.15) is 0 Å². The first-order valence-corrected chi connectivity index (χ1v) is 7.49. The molecule has 0 unspecified atom stereocenters. The van der Waals surface area contributed by atoms with E-state index in [0.717, 1.165) is 37.0 Å². The lowest BCUT2D eigenvalue weighted by molar-refractivity contribution is -0.133. The maximum atomic E-state index is 12.2. The summed E-state index contributed by atoms with van der Waals surface area (Å²) in [6, 6.07) is 6.20. The maximum absolute atomic E-state index is 12.2. The number of fused-ring (bicyclic) bond motifs is 1. The molecule has 5 nitrogen and oxygen atoms in total. The molecule has 1 aliphatic heterocycles. The van der Waals surface area contributed by atoms with Crippen LogP contribution in [0.2, 0.25) is 0 Å². The van der Waals surface area contributed by atoms with Crippen molar-refractivity contribution in [3.63, 3.8) is 0 Å². The lowest BCUT2D eigenvalue weighted by Crippen LogP contribution is -2.43. The molecule has 112 valence electrons. The number of carbonyl (C=O) groups excluding carboxylic acids is 1. The van der Waals surface area contributed by atoms with E-state index in [-0.39, 0.29) is 5.91 Å². The van der Waals surface area contributed by atoms with Crippen LogP contribution >= 0.6 is 0 Å². The van der Waals surface area contributed by atoms with Gasteiger partial charge < -0.3 is 14.8 Å². The van der Waals surface area contributed by atoms with Crippen LogP contribution < -0.4 is 0 Å². The Morgan fingerprint density at radius 1 is 1.52 bits per heavy atom. The highest BCUT2D eigenvalue weighted by molar-refractivity contribution is 5.79. The van der Waals surface area contributed by atoms with E-state index in [9.17, 15) is 4.79 Å². The van der Waals surface area contributed by atoms with E-state index < -0.39 is 0 Å². The average molecular weight is 286 g/mol. The van der Waals surface area contributed by atoms with Crippen molar-refractivity contribution in [1.82, 2.24) is 19.8 Å². The molecule has 0 aromatic carbocycles. The zero-order valence-electron chi connectivity index (χ0n) is 12.7. The average Bonchev–Trinajstić information content (AvgIpc) is 2.90. The first-order valence-electron chi connectivity index (χ1n) is 7.49. The van der Waals surface area contributed by atoms with Crippen LogP contribution in [0, 0.1) is 0 Å². The molecule has 0 bridgehead atoms. The summed E-state index contributed by atoms with van der Waals surface area (Å²) >= 11 is 0. The highest BCUT2D eigenvalue weighted by atomic mass is 16.2. The number of hydrogen-bond acceptors (Lipinski definition) is 3. The van der Waals surface area contributed by atoms with E-state index >= 15 is 0 Å². The molecule has 21 heavy (non-hydrogen) atoms. The van der Waals surface area contributed by atoms with E-state index in [4.69, 9.17) is 0 Å². The molecule has 1 N–H and O–H groups in total. The summed E-state index contributed by atoms with van der Waals surface area (Å²) in [5, 5.41) is 1.14. The lowest BCUT2D eigenvalue weighted by atomic mass is 9.94. The summed E-state index contributed by atoms with van der Waals surface area (Å²) < 4.78 is 0. The molecule has 3 rings (SSSR count). The lowest BCUT2D eigenvalue weighted by Gasteiger charge is -2.33. The molecule has 1 atom stereocenters. The van der Waals surface area contributed by atoms with Crippen LogP contribution in [0.1, 0.15) is 24.5 Å². The van der Waals surface area contributed by atoms with E-state index in [2.05, 4.69) is 22.1 Å². The number of rotatable bonds is 3. The van der Waals surface area contributed by atoms with Gasteiger partial charge >= 0.3 is 0 Å². The summed E-state index contributed by atoms with van der Waals surface area (Å²) in [6.45, 7) is 2.17. The van der Waals surface area contributed by atoms with Gasteiger partial charge in [0, 0.05) is 36.3 Å². The van der Waals surface area contributed by atoms with Gasteiger partial charge in [0.25, 0.3) is 0 Å². The number of likely N-dealkylation sites (N-methyl/N-ethyl adjacent to an activating group) is 1. The number of nitrogens with one attached hydrogen (secondary N) is 1. The van der Waals surface area contributed by atoms with Gasteiger partial charge in [-0.3, -0.25) is 4.79 Å². The number of hydrogen-bond donors (Lipinski definition) is 1. The fourth-order valence-corrected chi connectivity index (χ4v) is 3.03. The van der Waals surface area contributed by atoms with Crippen LogP contribution in [-0.2, 0) is 4.79 Å². The third-order valence-electron chi connectivity index (χ3n) is 4.08. The van der Waals surface area contributed by atoms with Crippen LogP contribution in [0.3, 0.4) is 0 Å². The van der Waals surface area contributed by atoms with E-state index in [1.807, 2.05) is 30.0 Å². The van der Waals surface area contributed by atoms with Crippen molar-refractivity contribution in [2.24, 2.45) is 0 Å². The smallest absolute Gasteiger partial charge is 0.236 e. The zero-order chi connectivity index (χ0) is 14.8. The fourth-order valence-electron chi connectivity index (χ4n) is 3.03. The van der Waals surface area contributed by atoms with Crippen molar-refractivity contribution in [3.05, 3.63) is 30.1 Å². The van der Waals surface area contributed by atoms with Crippen LogP contribution in [0.15, 0.2) is 24.4 Å². The van der Waals surface area contributed by atoms with Gasteiger partial charge in [-0.15, -0.1) is 0 Å². The van der Waals surface area contributed by atoms with Crippen molar-refractivity contribution in [2.75, 3.05) is 33.7 Å². The summed E-state index contributed by atoms with van der Waals surface area (Å²) in [6.07, 6.45) is 3.99. The summed E-state index contributed by atoms with van der Waals surface area (Å²) in [4.78, 5) is 23.9. The SMILES string of the molecule is CN(C)CC(=O)N1CCC[C@@H](c2cc3cccnc3[nH]2)C1. The van der Waals surface area contributed by atoms with Crippen LogP contribution in [0.4, 0.5) is 0 Å². The number of aromatic amines is 1. The van der Waals surface area contributed by atoms with Crippen molar-refractivity contribution < 1.29 is 4.79 Å². The second kappa shape index (κ2) is 5.85. The second-order valence-electron chi connectivity index (χ2n) is 6.08. The molecule has 1 amide bonds. The van der Waals surface area contributed by atoms with Crippen molar-refractivity contribution >= 4 is 16.9 Å². The van der Waals surface area contributed by atoms with Crippen molar-refractivity contribution in [2.45, 2.75) is 18.8 Å². The second-order valence-corrected chi connectivity index (χ2v) is 6.08. The van der Waals surface area contributed by atoms with Gasteiger partial charge in [-0.25, -0.2) is 4.98 Å². The van der Waals surface area contributed by atoms with E-state index in [0.29, 0.717) is 12.5 Å². The Morgan fingerprint density at radius 3 is 3.14 bits per heavy atom. The van der Waals surface area contributed by atoms with Gasteiger partial charge in [-0.1, -0.05) is 0 Å². The molecule has 2 aromatic heterocycles. The Labute approximate surface area is 125 Å². The Kier molecular flexibility index (Phi) is 3.92. The monoisotopic (exact) mass is 286 g/mol. The Bertz CT molecular complexity index is 601. The minimum absolute atomic E-state index is 0.221. The molecule has 1 fully saturated rings. The van der Waals surface area contributed by atoms with Gasteiger partial charge in [0.1, 0.15) is 5.65 Å². The number of piperidine rings is 1. The minimum atomic E-state index is 0.221. The number of nitrogens with zero attached hydrogens (tertiary/aromatic N) is 3. The molecule has 0 aliphatic carbocycles. The molecule has 0 radical (unpaired) electrons. The number of H-pyrrole nitrogens is 1. The van der Waals surface area contributed by atoms with Gasteiger partial charge in [0.2, 0.25) is 5.91 Å². The fraction of sp³-hybridized carbons (Fsp3) is 0.500. The normalized spacial score (nSPS) is 19.4. The van der Waals surface area contributed by atoms with E-state index in [1.54, 1.807) is 6.20 Å². The predicted octanol–water partition coefficient (Wildman–Crippen LogP) is 1.83.